The van der Waals surface area contributed by atoms with Crippen LogP contribution in [0.3, 0.4) is 0 Å². The highest BCUT2D eigenvalue weighted by Gasteiger charge is 2.21. The Hall–Kier alpha value is -3.21. The van der Waals surface area contributed by atoms with Crippen LogP contribution in [0.1, 0.15) is 29.8 Å². The minimum absolute atomic E-state index is 0.0228. The summed E-state index contributed by atoms with van der Waals surface area (Å²) in [6.45, 7) is 1.59. The van der Waals surface area contributed by atoms with Gasteiger partial charge >= 0.3 is 0 Å². The van der Waals surface area contributed by atoms with E-state index in [2.05, 4.69) is 15.3 Å². The quantitative estimate of drug-likeness (QED) is 0.745. The fraction of sp³-hybridized carbons (Fsp3) is 0.227. The van der Waals surface area contributed by atoms with Gasteiger partial charge in [0, 0.05) is 30.4 Å². The van der Waals surface area contributed by atoms with Gasteiger partial charge in [-0.2, -0.15) is 0 Å². The number of amides is 1. The zero-order chi connectivity index (χ0) is 18.5. The number of nitrogens with one attached hydrogen (secondary N) is 1. The van der Waals surface area contributed by atoms with E-state index in [-0.39, 0.29) is 5.91 Å². The predicted molar refractivity (Wildman–Crippen MR) is 107 cm³/mol. The molecule has 5 heteroatoms. The van der Waals surface area contributed by atoms with Crippen LogP contribution in [0.5, 0.6) is 0 Å². The van der Waals surface area contributed by atoms with E-state index in [4.69, 9.17) is 0 Å². The molecule has 3 aromatic rings. The Morgan fingerprint density at radius 2 is 1.52 bits per heavy atom. The number of hydrogen-bond acceptors (Lipinski definition) is 4. The summed E-state index contributed by atoms with van der Waals surface area (Å²) in [5.41, 5.74) is 2.25. The van der Waals surface area contributed by atoms with Gasteiger partial charge in [-0.3, -0.25) is 4.79 Å². The van der Waals surface area contributed by atoms with Gasteiger partial charge in [0.05, 0.1) is 0 Å². The van der Waals surface area contributed by atoms with Crippen LogP contribution in [0.2, 0.25) is 0 Å². The number of aromatic nitrogens is 2. The largest absolute Gasteiger partial charge is 0.340 e. The van der Waals surface area contributed by atoms with E-state index in [1.165, 1.54) is 6.42 Å². The van der Waals surface area contributed by atoms with Crippen LogP contribution in [0.15, 0.2) is 66.7 Å². The Balaban J connectivity index is 1.71. The maximum Gasteiger partial charge on any atom is 0.272 e. The van der Waals surface area contributed by atoms with Crippen LogP contribution in [0.25, 0.3) is 11.4 Å². The molecule has 0 spiro atoms. The second kappa shape index (κ2) is 7.99. The molecule has 1 aromatic heterocycles. The van der Waals surface area contributed by atoms with Crippen molar-refractivity contribution in [2.75, 3.05) is 18.4 Å². The highest BCUT2D eigenvalue weighted by atomic mass is 16.2. The molecule has 1 saturated heterocycles. The molecule has 1 N–H and O–H groups in total. The van der Waals surface area contributed by atoms with Gasteiger partial charge in [-0.1, -0.05) is 48.5 Å². The SMILES string of the molecule is O=C(c1cc(Nc2ccccc2)nc(-c2ccccc2)n1)N1CCCCC1. The lowest BCUT2D eigenvalue weighted by Gasteiger charge is -2.26. The van der Waals surface area contributed by atoms with Gasteiger partial charge in [-0.15, -0.1) is 0 Å². The van der Waals surface area contributed by atoms with E-state index < -0.39 is 0 Å². The van der Waals surface area contributed by atoms with Gasteiger partial charge in [0.25, 0.3) is 5.91 Å². The molecule has 0 bridgehead atoms. The number of anilines is 2. The van der Waals surface area contributed by atoms with Crippen LogP contribution < -0.4 is 5.32 Å². The first kappa shape index (κ1) is 17.2. The zero-order valence-corrected chi connectivity index (χ0v) is 15.1. The van der Waals surface area contributed by atoms with Crippen molar-refractivity contribution < 1.29 is 4.79 Å². The third kappa shape index (κ3) is 4.14. The summed E-state index contributed by atoms with van der Waals surface area (Å²) in [5.74, 6) is 1.15. The van der Waals surface area contributed by atoms with E-state index in [1.54, 1.807) is 6.07 Å². The van der Waals surface area contributed by atoms with Crippen molar-refractivity contribution >= 4 is 17.4 Å². The molecule has 1 aliphatic rings. The number of rotatable bonds is 4. The van der Waals surface area contributed by atoms with E-state index in [0.29, 0.717) is 17.3 Å². The van der Waals surface area contributed by atoms with Crippen molar-refractivity contribution in [3.63, 3.8) is 0 Å². The molecule has 0 aliphatic carbocycles. The van der Waals surface area contributed by atoms with Crippen LogP contribution in [-0.2, 0) is 0 Å². The number of benzene rings is 2. The first-order chi connectivity index (χ1) is 13.3. The zero-order valence-electron chi connectivity index (χ0n) is 15.1. The molecule has 2 aromatic carbocycles. The molecule has 0 radical (unpaired) electrons. The molecule has 0 atom stereocenters. The monoisotopic (exact) mass is 358 g/mol. The van der Waals surface area contributed by atoms with E-state index in [9.17, 15) is 4.79 Å². The van der Waals surface area contributed by atoms with Gasteiger partial charge < -0.3 is 10.2 Å². The smallest absolute Gasteiger partial charge is 0.272 e. The van der Waals surface area contributed by atoms with Gasteiger partial charge in [-0.25, -0.2) is 9.97 Å². The van der Waals surface area contributed by atoms with Crippen LogP contribution in [-0.4, -0.2) is 33.9 Å². The van der Waals surface area contributed by atoms with E-state index >= 15 is 0 Å². The van der Waals surface area contributed by atoms with Gasteiger partial charge in [0.2, 0.25) is 0 Å². The molecule has 1 amide bonds. The van der Waals surface area contributed by atoms with E-state index in [1.807, 2.05) is 65.6 Å². The van der Waals surface area contributed by atoms with E-state index in [0.717, 1.165) is 37.2 Å². The first-order valence-electron chi connectivity index (χ1n) is 9.35. The number of piperidine rings is 1. The molecule has 0 saturated carbocycles. The molecular formula is C22H22N4O. The van der Waals surface area contributed by atoms with Crippen molar-refractivity contribution in [2.45, 2.75) is 19.3 Å². The highest BCUT2D eigenvalue weighted by molar-refractivity contribution is 5.93. The number of nitrogens with zero attached hydrogens (tertiary/aromatic N) is 3. The normalized spacial score (nSPS) is 14.0. The molecule has 4 rings (SSSR count). The standard InChI is InChI=1S/C22H22N4O/c27-22(26-14-8-3-9-15-26)19-16-20(23-18-12-6-2-7-13-18)25-21(24-19)17-10-4-1-5-11-17/h1-2,4-7,10-13,16H,3,8-9,14-15H2,(H,23,24,25). The molecule has 5 nitrogen and oxygen atoms in total. The number of carbonyl (C=O) groups is 1. The summed E-state index contributed by atoms with van der Waals surface area (Å²) in [4.78, 5) is 24.1. The van der Waals surface area contributed by atoms with Crippen molar-refractivity contribution in [3.8, 4) is 11.4 Å². The number of hydrogen-bond donors (Lipinski definition) is 1. The average Bonchev–Trinajstić information content (AvgIpc) is 2.75. The lowest BCUT2D eigenvalue weighted by molar-refractivity contribution is 0.0718. The Kier molecular flexibility index (Phi) is 5.10. The lowest BCUT2D eigenvalue weighted by atomic mass is 10.1. The van der Waals surface area contributed by atoms with Crippen molar-refractivity contribution in [1.29, 1.82) is 0 Å². The Morgan fingerprint density at radius 1 is 0.852 bits per heavy atom. The second-order valence-corrected chi connectivity index (χ2v) is 6.67. The fourth-order valence-corrected chi connectivity index (χ4v) is 3.27. The van der Waals surface area contributed by atoms with Gasteiger partial charge in [0.15, 0.2) is 5.82 Å². The number of likely N-dealkylation sites (tertiary alicyclic amines) is 1. The Labute approximate surface area is 159 Å². The van der Waals surface area contributed by atoms with Crippen molar-refractivity contribution in [3.05, 3.63) is 72.4 Å². The number of carbonyl (C=O) groups excluding carboxylic acids is 1. The Bertz CT molecular complexity index is 906. The second-order valence-electron chi connectivity index (χ2n) is 6.67. The summed E-state index contributed by atoms with van der Waals surface area (Å²) in [6.07, 6.45) is 3.29. The lowest BCUT2D eigenvalue weighted by Crippen LogP contribution is -2.36. The fourth-order valence-electron chi connectivity index (χ4n) is 3.27. The summed E-state index contributed by atoms with van der Waals surface area (Å²) in [6, 6.07) is 21.3. The molecule has 0 unspecified atom stereocenters. The first-order valence-corrected chi connectivity index (χ1v) is 9.35. The number of para-hydroxylation sites is 1. The molecular weight excluding hydrogens is 336 g/mol. The minimum atomic E-state index is -0.0228. The molecule has 1 aliphatic heterocycles. The van der Waals surface area contributed by atoms with Crippen LogP contribution in [0, 0.1) is 0 Å². The van der Waals surface area contributed by atoms with Crippen molar-refractivity contribution in [1.82, 2.24) is 14.9 Å². The average molecular weight is 358 g/mol. The third-order valence-corrected chi connectivity index (χ3v) is 4.67. The minimum Gasteiger partial charge on any atom is -0.340 e. The van der Waals surface area contributed by atoms with Crippen molar-refractivity contribution in [2.24, 2.45) is 0 Å². The van der Waals surface area contributed by atoms with Crippen LogP contribution >= 0.6 is 0 Å². The van der Waals surface area contributed by atoms with Gasteiger partial charge in [-0.05, 0) is 31.4 Å². The Morgan fingerprint density at radius 3 is 2.22 bits per heavy atom. The van der Waals surface area contributed by atoms with Gasteiger partial charge in [0.1, 0.15) is 11.5 Å². The maximum absolute atomic E-state index is 13.0. The third-order valence-electron chi connectivity index (χ3n) is 4.67. The predicted octanol–water partition coefficient (Wildman–Crippen LogP) is 4.51. The summed E-state index contributed by atoms with van der Waals surface area (Å²) >= 11 is 0. The molecule has 136 valence electrons. The molecule has 2 heterocycles. The maximum atomic E-state index is 13.0. The summed E-state index contributed by atoms with van der Waals surface area (Å²) < 4.78 is 0. The topological polar surface area (TPSA) is 58.1 Å². The summed E-state index contributed by atoms with van der Waals surface area (Å²) in [7, 11) is 0. The molecule has 1 fully saturated rings. The highest BCUT2D eigenvalue weighted by Crippen LogP contribution is 2.22. The summed E-state index contributed by atoms with van der Waals surface area (Å²) in [5, 5.41) is 3.29. The molecule has 27 heavy (non-hydrogen) atoms. The van der Waals surface area contributed by atoms with Crippen LogP contribution in [0.4, 0.5) is 11.5 Å².